The van der Waals surface area contributed by atoms with Crippen LogP contribution in [0.25, 0.3) is 0 Å². The summed E-state index contributed by atoms with van der Waals surface area (Å²) in [6.45, 7) is 2.55. The van der Waals surface area contributed by atoms with Crippen LogP contribution >= 0.6 is 23.1 Å². The average Bonchev–Trinajstić information content (AvgIpc) is 2.82. The van der Waals surface area contributed by atoms with Crippen LogP contribution in [0.1, 0.15) is 6.92 Å². The van der Waals surface area contributed by atoms with Crippen LogP contribution in [0.5, 0.6) is 0 Å². The standard InChI is InChI=1S/C11H11N3O2S2/c1-2-12-8-4-3-5-9(10(8)14(15)16)18-11-13-6-7-17-11/h3-7,12H,2H2,1H3. The molecule has 0 fully saturated rings. The number of nitrogens with one attached hydrogen (secondary N) is 1. The van der Waals surface area contributed by atoms with Gasteiger partial charge in [-0.2, -0.15) is 0 Å². The van der Waals surface area contributed by atoms with E-state index in [9.17, 15) is 10.1 Å². The molecule has 5 nitrogen and oxygen atoms in total. The normalized spacial score (nSPS) is 10.3. The molecule has 18 heavy (non-hydrogen) atoms. The van der Waals surface area contributed by atoms with Gasteiger partial charge in [0.1, 0.15) is 5.69 Å². The summed E-state index contributed by atoms with van der Waals surface area (Å²) in [5.41, 5.74) is 0.656. The Morgan fingerprint density at radius 1 is 1.56 bits per heavy atom. The zero-order valence-electron chi connectivity index (χ0n) is 9.62. The van der Waals surface area contributed by atoms with Gasteiger partial charge in [-0.05, 0) is 19.1 Å². The van der Waals surface area contributed by atoms with Crippen molar-refractivity contribution in [1.82, 2.24) is 4.98 Å². The molecule has 0 unspecified atom stereocenters. The second-order valence-corrected chi connectivity index (χ2v) is 5.52. The molecule has 1 aromatic carbocycles. The molecule has 1 N–H and O–H groups in total. The van der Waals surface area contributed by atoms with E-state index in [1.54, 1.807) is 24.4 Å². The number of hydrogen-bond donors (Lipinski definition) is 1. The van der Waals surface area contributed by atoms with Gasteiger partial charge in [0.25, 0.3) is 0 Å². The Morgan fingerprint density at radius 3 is 3.00 bits per heavy atom. The molecule has 0 amide bonds. The van der Waals surface area contributed by atoms with Gasteiger partial charge in [-0.3, -0.25) is 10.1 Å². The fraction of sp³-hybridized carbons (Fsp3) is 0.182. The molecule has 0 aliphatic rings. The summed E-state index contributed by atoms with van der Waals surface area (Å²) in [5, 5.41) is 16.0. The molecule has 0 aliphatic carbocycles. The molecule has 0 atom stereocenters. The van der Waals surface area contributed by atoms with E-state index in [2.05, 4.69) is 10.3 Å². The first kappa shape index (κ1) is 12.8. The van der Waals surface area contributed by atoms with Crippen LogP contribution in [0.15, 0.2) is 39.0 Å². The molecule has 0 spiro atoms. The zero-order valence-corrected chi connectivity index (χ0v) is 11.3. The number of benzene rings is 1. The minimum atomic E-state index is -0.353. The SMILES string of the molecule is CCNc1cccc(Sc2nccs2)c1[N+](=O)[O-]. The predicted molar refractivity (Wildman–Crippen MR) is 73.5 cm³/mol. The second-order valence-electron chi connectivity index (χ2n) is 3.34. The van der Waals surface area contributed by atoms with Crippen molar-refractivity contribution in [3.8, 4) is 0 Å². The molecule has 0 saturated carbocycles. The van der Waals surface area contributed by atoms with Gasteiger partial charge in [-0.1, -0.05) is 17.8 Å². The minimum absolute atomic E-state index is 0.111. The molecular formula is C11H11N3O2S2. The van der Waals surface area contributed by atoms with E-state index >= 15 is 0 Å². The third kappa shape index (κ3) is 2.80. The van der Waals surface area contributed by atoms with Gasteiger partial charge in [0.15, 0.2) is 4.34 Å². The molecule has 2 aromatic rings. The Kier molecular flexibility index (Phi) is 4.16. The van der Waals surface area contributed by atoms with Crippen LogP contribution in [0, 0.1) is 10.1 Å². The maximum absolute atomic E-state index is 11.2. The lowest BCUT2D eigenvalue weighted by molar-refractivity contribution is -0.386. The molecule has 0 bridgehead atoms. The lowest BCUT2D eigenvalue weighted by Crippen LogP contribution is -2.02. The maximum atomic E-state index is 11.2. The molecule has 94 valence electrons. The first-order valence-corrected chi connectivity index (χ1v) is 7.00. The number of para-hydroxylation sites is 1. The number of anilines is 1. The molecule has 1 heterocycles. The lowest BCUT2D eigenvalue weighted by Gasteiger charge is -2.07. The van der Waals surface area contributed by atoms with Gasteiger partial charge in [-0.15, -0.1) is 11.3 Å². The van der Waals surface area contributed by atoms with E-state index in [-0.39, 0.29) is 10.6 Å². The molecule has 1 aromatic heterocycles. The Bertz CT molecular complexity index is 543. The number of thiazole rings is 1. The monoisotopic (exact) mass is 281 g/mol. The van der Waals surface area contributed by atoms with Gasteiger partial charge in [0.2, 0.25) is 0 Å². The first-order valence-electron chi connectivity index (χ1n) is 5.31. The number of nitrogens with zero attached hydrogens (tertiary/aromatic N) is 2. The van der Waals surface area contributed by atoms with Crippen molar-refractivity contribution in [2.75, 3.05) is 11.9 Å². The minimum Gasteiger partial charge on any atom is -0.380 e. The number of hydrogen-bond acceptors (Lipinski definition) is 6. The third-order valence-electron chi connectivity index (χ3n) is 2.16. The van der Waals surface area contributed by atoms with Crippen LogP contribution in [0.2, 0.25) is 0 Å². The highest BCUT2D eigenvalue weighted by molar-refractivity contribution is 8.01. The van der Waals surface area contributed by atoms with Crippen molar-refractivity contribution >= 4 is 34.5 Å². The van der Waals surface area contributed by atoms with E-state index in [0.29, 0.717) is 17.1 Å². The quantitative estimate of drug-likeness (QED) is 0.669. The van der Waals surface area contributed by atoms with Gasteiger partial charge >= 0.3 is 5.69 Å². The Labute approximate surface area is 112 Å². The fourth-order valence-corrected chi connectivity index (χ4v) is 3.20. The summed E-state index contributed by atoms with van der Waals surface area (Å²) in [7, 11) is 0. The van der Waals surface area contributed by atoms with Gasteiger partial charge in [0, 0.05) is 18.1 Å². The highest BCUT2D eigenvalue weighted by Gasteiger charge is 2.20. The highest BCUT2D eigenvalue weighted by atomic mass is 32.2. The fourth-order valence-electron chi connectivity index (χ4n) is 1.48. The van der Waals surface area contributed by atoms with E-state index in [0.717, 1.165) is 4.34 Å². The molecule has 2 rings (SSSR count). The largest absolute Gasteiger partial charge is 0.380 e. The third-order valence-corrected chi connectivity index (χ3v) is 4.09. The van der Waals surface area contributed by atoms with Gasteiger partial charge in [-0.25, -0.2) is 4.98 Å². The van der Waals surface area contributed by atoms with Crippen LogP contribution in [0.3, 0.4) is 0 Å². The Hall–Kier alpha value is -1.60. The van der Waals surface area contributed by atoms with Crippen LogP contribution in [-0.2, 0) is 0 Å². The summed E-state index contributed by atoms with van der Waals surface area (Å²) in [6, 6.07) is 5.26. The number of rotatable bonds is 5. The van der Waals surface area contributed by atoms with Gasteiger partial charge in [0.05, 0.1) is 9.82 Å². The first-order chi connectivity index (χ1) is 8.72. The second kappa shape index (κ2) is 5.83. The summed E-state index contributed by atoms with van der Waals surface area (Å²) in [6.07, 6.45) is 1.69. The van der Waals surface area contributed by atoms with Crippen molar-refractivity contribution in [3.05, 3.63) is 39.9 Å². The zero-order chi connectivity index (χ0) is 13.0. The van der Waals surface area contributed by atoms with E-state index in [4.69, 9.17) is 0 Å². The Balaban J connectivity index is 2.39. The summed E-state index contributed by atoms with van der Waals surface area (Å²) in [5.74, 6) is 0. The Morgan fingerprint density at radius 2 is 2.39 bits per heavy atom. The lowest BCUT2D eigenvalue weighted by atomic mass is 10.2. The van der Waals surface area contributed by atoms with Crippen LogP contribution in [-0.4, -0.2) is 16.5 Å². The van der Waals surface area contributed by atoms with Crippen molar-refractivity contribution in [3.63, 3.8) is 0 Å². The molecule has 0 radical (unpaired) electrons. The number of nitro groups is 1. The van der Waals surface area contributed by atoms with Crippen LogP contribution < -0.4 is 5.32 Å². The van der Waals surface area contributed by atoms with Gasteiger partial charge < -0.3 is 5.32 Å². The summed E-state index contributed by atoms with van der Waals surface area (Å²) in [4.78, 5) is 15.6. The summed E-state index contributed by atoms with van der Waals surface area (Å²) >= 11 is 2.78. The van der Waals surface area contributed by atoms with E-state index < -0.39 is 0 Å². The molecule has 0 aliphatic heterocycles. The van der Waals surface area contributed by atoms with Crippen molar-refractivity contribution in [1.29, 1.82) is 0 Å². The van der Waals surface area contributed by atoms with Crippen molar-refractivity contribution in [2.45, 2.75) is 16.2 Å². The highest BCUT2D eigenvalue weighted by Crippen LogP contribution is 2.39. The summed E-state index contributed by atoms with van der Waals surface area (Å²) < 4.78 is 0.798. The number of aromatic nitrogens is 1. The number of nitro benzene ring substituents is 1. The van der Waals surface area contributed by atoms with E-state index in [1.165, 1.54) is 23.1 Å². The van der Waals surface area contributed by atoms with Crippen molar-refractivity contribution < 1.29 is 4.92 Å². The van der Waals surface area contributed by atoms with Crippen LogP contribution in [0.4, 0.5) is 11.4 Å². The molecule has 7 heteroatoms. The van der Waals surface area contributed by atoms with E-state index in [1.807, 2.05) is 12.3 Å². The maximum Gasteiger partial charge on any atom is 0.306 e. The average molecular weight is 281 g/mol. The smallest absolute Gasteiger partial charge is 0.306 e. The molecular weight excluding hydrogens is 270 g/mol. The van der Waals surface area contributed by atoms with Crippen molar-refractivity contribution in [2.24, 2.45) is 0 Å². The predicted octanol–water partition coefficient (Wildman–Crippen LogP) is 3.63. The molecule has 0 saturated heterocycles. The topological polar surface area (TPSA) is 68.1 Å².